The molecule has 2 aliphatic carbocycles. The number of nitrogens with one attached hydrogen (secondary N) is 1. The second-order valence-corrected chi connectivity index (χ2v) is 4.75. The average molecular weight is 182 g/mol. The van der Waals surface area contributed by atoms with Crippen molar-refractivity contribution in [3.8, 4) is 0 Å². The minimum atomic E-state index is 0.0718. The summed E-state index contributed by atoms with van der Waals surface area (Å²) in [6.45, 7) is 0. The quantitative estimate of drug-likeness (QED) is 0.656. The molecule has 3 heteroatoms. The lowest BCUT2D eigenvalue weighted by Gasteiger charge is -2.29. The Morgan fingerprint density at radius 2 is 2.00 bits per heavy atom. The van der Waals surface area contributed by atoms with Crippen LogP contribution in [0.4, 0.5) is 4.79 Å². The van der Waals surface area contributed by atoms with Crippen molar-refractivity contribution in [1.29, 1.82) is 0 Å². The maximum absolute atomic E-state index is 11.5. The molecule has 2 amide bonds. The minimum absolute atomic E-state index is 0.0718. The molecule has 0 unspecified atom stereocenters. The van der Waals surface area contributed by atoms with E-state index in [1.54, 1.807) is 19.0 Å². The van der Waals surface area contributed by atoms with Gasteiger partial charge in [-0.05, 0) is 38.0 Å². The normalized spacial score (nSPS) is 36.3. The largest absolute Gasteiger partial charge is 0.333 e. The van der Waals surface area contributed by atoms with Gasteiger partial charge in [0.2, 0.25) is 0 Å². The molecule has 0 aromatic rings. The van der Waals surface area contributed by atoms with Gasteiger partial charge in [0.05, 0.1) is 0 Å². The molecule has 0 radical (unpaired) electrons. The van der Waals surface area contributed by atoms with Crippen molar-refractivity contribution < 1.29 is 4.79 Å². The summed E-state index contributed by atoms with van der Waals surface area (Å²) in [7, 11) is 3.60. The van der Waals surface area contributed by atoms with Gasteiger partial charge in [-0.3, -0.25) is 0 Å². The number of hydrogen-bond donors (Lipinski definition) is 1. The molecule has 0 aromatic carbocycles. The van der Waals surface area contributed by atoms with Gasteiger partial charge < -0.3 is 10.2 Å². The average Bonchev–Trinajstić information content (AvgIpc) is 2.62. The molecule has 2 aliphatic rings. The van der Waals surface area contributed by atoms with Gasteiger partial charge in [-0.15, -0.1) is 0 Å². The molecular weight excluding hydrogens is 164 g/mol. The van der Waals surface area contributed by atoms with Crippen LogP contribution in [0.1, 0.15) is 32.1 Å². The first-order valence-electron chi connectivity index (χ1n) is 5.11. The van der Waals surface area contributed by atoms with E-state index in [9.17, 15) is 4.79 Å². The minimum Gasteiger partial charge on any atom is -0.333 e. The second-order valence-electron chi connectivity index (χ2n) is 4.75. The standard InChI is InChI=1S/C10H18N2O/c1-12(2)9(13)11-10-5-3-8(7-10)4-6-10/h8H,3-7H2,1-2H3,(H,11,13). The highest BCUT2D eigenvalue weighted by molar-refractivity contribution is 5.74. The summed E-state index contributed by atoms with van der Waals surface area (Å²) in [5.41, 5.74) is 0.173. The third kappa shape index (κ3) is 1.52. The molecule has 0 aliphatic heterocycles. The van der Waals surface area contributed by atoms with Crippen LogP contribution in [0, 0.1) is 5.92 Å². The summed E-state index contributed by atoms with van der Waals surface area (Å²) in [5, 5.41) is 3.17. The highest BCUT2D eigenvalue weighted by atomic mass is 16.2. The molecule has 2 saturated carbocycles. The first kappa shape index (κ1) is 8.85. The SMILES string of the molecule is CN(C)C(=O)NC12CCC(CC1)C2. The van der Waals surface area contributed by atoms with Crippen LogP contribution in [0.25, 0.3) is 0 Å². The first-order valence-corrected chi connectivity index (χ1v) is 5.11. The zero-order valence-electron chi connectivity index (χ0n) is 8.47. The van der Waals surface area contributed by atoms with Gasteiger partial charge in [0.15, 0.2) is 0 Å². The Balaban J connectivity index is 1.97. The Bertz CT molecular complexity index is 217. The molecule has 0 aromatic heterocycles. The van der Waals surface area contributed by atoms with Crippen molar-refractivity contribution in [3.63, 3.8) is 0 Å². The number of amides is 2. The Kier molecular flexibility index (Phi) is 1.97. The molecule has 2 fully saturated rings. The van der Waals surface area contributed by atoms with Gasteiger partial charge in [-0.25, -0.2) is 4.79 Å². The number of nitrogens with zero attached hydrogens (tertiary/aromatic N) is 1. The van der Waals surface area contributed by atoms with Crippen molar-refractivity contribution in [2.24, 2.45) is 5.92 Å². The van der Waals surface area contributed by atoms with E-state index < -0.39 is 0 Å². The smallest absolute Gasteiger partial charge is 0.317 e. The summed E-state index contributed by atoms with van der Waals surface area (Å²) < 4.78 is 0. The van der Waals surface area contributed by atoms with Gasteiger partial charge in [-0.1, -0.05) is 0 Å². The van der Waals surface area contributed by atoms with Crippen molar-refractivity contribution in [1.82, 2.24) is 10.2 Å². The van der Waals surface area contributed by atoms with Crippen LogP contribution >= 0.6 is 0 Å². The number of fused-ring (bicyclic) bond motifs is 2. The summed E-state index contributed by atoms with van der Waals surface area (Å²) in [6, 6.07) is 0.0718. The molecule has 74 valence electrons. The summed E-state index contributed by atoms with van der Waals surface area (Å²) in [6.07, 6.45) is 6.22. The van der Waals surface area contributed by atoms with Gasteiger partial charge in [0.25, 0.3) is 0 Å². The maximum atomic E-state index is 11.5. The van der Waals surface area contributed by atoms with E-state index in [1.807, 2.05) is 0 Å². The molecule has 2 bridgehead atoms. The van der Waals surface area contributed by atoms with Crippen LogP contribution in [0.3, 0.4) is 0 Å². The van der Waals surface area contributed by atoms with Crippen molar-refractivity contribution in [2.45, 2.75) is 37.6 Å². The predicted octanol–water partition coefficient (Wildman–Crippen LogP) is 1.59. The lowest BCUT2D eigenvalue weighted by atomic mass is 9.94. The zero-order chi connectivity index (χ0) is 9.47. The Morgan fingerprint density at radius 1 is 1.38 bits per heavy atom. The molecule has 0 spiro atoms. The first-order chi connectivity index (χ1) is 6.11. The third-order valence-corrected chi connectivity index (χ3v) is 3.52. The Hall–Kier alpha value is -0.730. The Labute approximate surface area is 79.5 Å². The molecule has 0 saturated heterocycles. The number of carbonyl (C=O) groups is 1. The lowest BCUT2D eigenvalue weighted by Crippen LogP contribution is -2.49. The van der Waals surface area contributed by atoms with E-state index in [0.717, 1.165) is 5.92 Å². The van der Waals surface area contributed by atoms with E-state index >= 15 is 0 Å². The third-order valence-electron chi connectivity index (χ3n) is 3.52. The van der Waals surface area contributed by atoms with Crippen LogP contribution in [0.5, 0.6) is 0 Å². The van der Waals surface area contributed by atoms with Gasteiger partial charge in [0.1, 0.15) is 0 Å². The van der Waals surface area contributed by atoms with E-state index in [2.05, 4.69) is 5.32 Å². The lowest BCUT2D eigenvalue weighted by molar-refractivity contribution is 0.200. The predicted molar refractivity (Wildman–Crippen MR) is 51.5 cm³/mol. The van der Waals surface area contributed by atoms with E-state index in [0.29, 0.717) is 0 Å². The Morgan fingerprint density at radius 3 is 2.38 bits per heavy atom. The number of rotatable bonds is 1. The second kappa shape index (κ2) is 2.89. The summed E-state index contributed by atoms with van der Waals surface area (Å²) in [5.74, 6) is 0.891. The van der Waals surface area contributed by atoms with Gasteiger partial charge in [-0.2, -0.15) is 0 Å². The summed E-state index contributed by atoms with van der Waals surface area (Å²) >= 11 is 0. The fourth-order valence-corrected chi connectivity index (χ4v) is 2.71. The molecular formula is C10H18N2O. The monoisotopic (exact) mass is 182 g/mol. The molecule has 1 N–H and O–H groups in total. The number of carbonyl (C=O) groups excluding carboxylic acids is 1. The van der Waals surface area contributed by atoms with Crippen LogP contribution in [0.15, 0.2) is 0 Å². The topological polar surface area (TPSA) is 32.3 Å². The van der Waals surface area contributed by atoms with E-state index in [-0.39, 0.29) is 11.6 Å². The zero-order valence-corrected chi connectivity index (χ0v) is 8.47. The summed E-state index contributed by atoms with van der Waals surface area (Å²) in [4.78, 5) is 13.1. The molecule has 0 atom stereocenters. The van der Waals surface area contributed by atoms with E-state index in [1.165, 1.54) is 32.1 Å². The highest BCUT2D eigenvalue weighted by Crippen LogP contribution is 2.47. The van der Waals surface area contributed by atoms with Gasteiger partial charge in [0, 0.05) is 19.6 Å². The highest BCUT2D eigenvalue weighted by Gasteiger charge is 2.45. The number of urea groups is 1. The van der Waals surface area contributed by atoms with E-state index in [4.69, 9.17) is 0 Å². The van der Waals surface area contributed by atoms with Crippen LogP contribution in [-0.4, -0.2) is 30.6 Å². The van der Waals surface area contributed by atoms with Crippen molar-refractivity contribution >= 4 is 6.03 Å². The molecule has 0 heterocycles. The molecule has 3 nitrogen and oxygen atoms in total. The van der Waals surface area contributed by atoms with Crippen LogP contribution in [-0.2, 0) is 0 Å². The van der Waals surface area contributed by atoms with Crippen LogP contribution < -0.4 is 5.32 Å². The maximum Gasteiger partial charge on any atom is 0.317 e. The number of hydrogen-bond acceptors (Lipinski definition) is 1. The van der Waals surface area contributed by atoms with Crippen molar-refractivity contribution in [3.05, 3.63) is 0 Å². The molecule has 13 heavy (non-hydrogen) atoms. The van der Waals surface area contributed by atoms with Crippen LogP contribution in [0.2, 0.25) is 0 Å². The van der Waals surface area contributed by atoms with Gasteiger partial charge >= 0.3 is 6.03 Å². The molecule has 2 rings (SSSR count). The van der Waals surface area contributed by atoms with Crippen molar-refractivity contribution in [2.75, 3.05) is 14.1 Å². The fraction of sp³-hybridized carbons (Fsp3) is 0.900. The fourth-order valence-electron chi connectivity index (χ4n) is 2.71.